The summed E-state index contributed by atoms with van der Waals surface area (Å²) in [7, 11) is 2.11. The molecule has 1 aromatic heterocycles. The summed E-state index contributed by atoms with van der Waals surface area (Å²) in [6, 6.07) is 14.2. The van der Waals surface area contributed by atoms with Gasteiger partial charge in [0.25, 0.3) is 0 Å². The maximum Gasteiger partial charge on any atom is 0.104 e. The van der Waals surface area contributed by atoms with E-state index < -0.39 is 0 Å². The van der Waals surface area contributed by atoms with Crippen LogP contribution in [0.5, 0.6) is 0 Å². The number of hydrogen-bond donors (Lipinski definition) is 1. The van der Waals surface area contributed by atoms with E-state index in [2.05, 4.69) is 47.0 Å². The summed E-state index contributed by atoms with van der Waals surface area (Å²) in [5, 5.41) is 8.67. The molecule has 3 heteroatoms. The van der Waals surface area contributed by atoms with Crippen LogP contribution in [0.1, 0.15) is 16.8 Å². The Hall–Kier alpha value is -2.15. The largest absolute Gasteiger partial charge is 0.384 e. The molecule has 108 valence electrons. The van der Waals surface area contributed by atoms with Gasteiger partial charge in [-0.2, -0.15) is 0 Å². The summed E-state index contributed by atoms with van der Waals surface area (Å²) < 4.78 is 0. The number of hydrogen-bond acceptors (Lipinski definition) is 3. The molecule has 3 nitrogen and oxygen atoms in total. The van der Waals surface area contributed by atoms with E-state index in [1.807, 2.05) is 30.5 Å². The molecule has 2 rings (SSSR count). The maximum atomic E-state index is 8.67. The van der Waals surface area contributed by atoms with Crippen molar-refractivity contribution in [2.24, 2.45) is 0 Å². The van der Waals surface area contributed by atoms with Crippen LogP contribution in [0.2, 0.25) is 0 Å². The molecule has 0 fully saturated rings. The molecule has 1 heterocycles. The Morgan fingerprint density at radius 1 is 1.14 bits per heavy atom. The first-order valence-corrected chi connectivity index (χ1v) is 7.05. The predicted octanol–water partition coefficient (Wildman–Crippen LogP) is 2.10. The van der Waals surface area contributed by atoms with Crippen molar-refractivity contribution in [2.45, 2.75) is 13.0 Å². The van der Waals surface area contributed by atoms with Gasteiger partial charge in [0.2, 0.25) is 0 Å². The Morgan fingerprint density at radius 2 is 1.95 bits per heavy atom. The van der Waals surface area contributed by atoms with Gasteiger partial charge >= 0.3 is 0 Å². The Labute approximate surface area is 126 Å². The monoisotopic (exact) mass is 280 g/mol. The molecule has 0 bridgehead atoms. The molecule has 0 radical (unpaired) electrons. The predicted molar refractivity (Wildman–Crippen MR) is 84.7 cm³/mol. The fraction of sp³-hybridized carbons (Fsp3) is 0.278. The molecule has 2 aromatic rings. The second-order valence-corrected chi connectivity index (χ2v) is 4.97. The van der Waals surface area contributed by atoms with Gasteiger partial charge in [0.05, 0.1) is 0 Å². The highest BCUT2D eigenvalue weighted by atomic mass is 16.2. The van der Waals surface area contributed by atoms with Crippen molar-refractivity contribution < 1.29 is 5.11 Å². The molecular weight excluding hydrogens is 260 g/mol. The van der Waals surface area contributed by atoms with E-state index in [1.54, 1.807) is 0 Å². The summed E-state index contributed by atoms with van der Waals surface area (Å²) >= 11 is 0. The van der Waals surface area contributed by atoms with Gasteiger partial charge in [0.15, 0.2) is 0 Å². The minimum Gasteiger partial charge on any atom is -0.384 e. The van der Waals surface area contributed by atoms with Gasteiger partial charge < -0.3 is 10.0 Å². The molecule has 0 aliphatic heterocycles. The van der Waals surface area contributed by atoms with E-state index in [0.717, 1.165) is 30.8 Å². The average molecular weight is 280 g/mol. The average Bonchev–Trinajstić information content (AvgIpc) is 2.53. The summed E-state index contributed by atoms with van der Waals surface area (Å²) in [5.74, 6) is 5.55. The van der Waals surface area contributed by atoms with E-state index in [0.29, 0.717) is 0 Å². The number of pyridine rings is 1. The zero-order valence-corrected chi connectivity index (χ0v) is 12.3. The lowest BCUT2D eigenvalue weighted by Gasteiger charge is -2.16. The molecule has 0 saturated carbocycles. The summed E-state index contributed by atoms with van der Waals surface area (Å²) in [5.41, 5.74) is 3.32. The van der Waals surface area contributed by atoms with Gasteiger partial charge in [-0.25, -0.2) is 0 Å². The second-order valence-electron chi connectivity index (χ2n) is 4.97. The maximum absolute atomic E-state index is 8.67. The number of aliphatic hydroxyl groups is 1. The smallest absolute Gasteiger partial charge is 0.104 e. The first kappa shape index (κ1) is 15.2. The minimum absolute atomic E-state index is 0.0992. The topological polar surface area (TPSA) is 36.4 Å². The van der Waals surface area contributed by atoms with E-state index >= 15 is 0 Å². The van der Waals surface area contributed by atoms with Crippen LogP contribution in [0.15, 0.2) is 48.7 Å². The third-order valence-electron chi connectivity index (χ3n) is 3.19. The van der Waals surface area contributed by atoms with Crippen LogP contribution < -0.4 is 0 Å². The zero-order chi connectivity index (χ0) is 14.9. The van der Waals surface area contributed by atoms with Gasteiger partial charge in [0, 0.05) is 37.0 Å². The number of likely N-dealkylation sites (N-methyl/N-ethyl adjacent to an activating group) is 1. The van der Waals surface area contributed by atoms with Crippen LogP contribution in [0, 0.1) is 11.8 Å². The lowest BCUT2D eigenvalue weighted by atomic mass is 10.1. The first-order chi connectivity index (χ1) is 10.3. The molecule has 1 N–H and O–H groups in total. The molecular formula is C18H20N2O. The molecule has 0 amide bonds. The van der Waals surface area contributed by atoms with Crippen LogP contribution in [-0.4, -0.2) is 35.2 Å². The quantitative estimate of drug-likeness (QED) is 0.852. The minimum atomic E-state index is -0.0992. The highest BCUT2D eigenvalue weighted by Crippen LogP contribution is 2.07. The van der Waals surface area contributed by atoms with Crippen molar-refractivity contribution in [2.75, 3.05) is 20.2 Å². The summed E-state index contributed by atoms with van der Waals surface area (Å²) in [6.07, 6.45) is 2.79. The molecule has 1 aromatic carbocycles. The molecule has 0 aliphatic carbocycles. The Kier molecular flexibility index (Phi) is 5.96. The Bertz CT molecular complexity index is 597. The second kappa shape index (κ2) is 8.21. The van der Waals surface area contributed by atoms with Gasteiger partial charge in [-0.15, -0.1) is 0 Å². The van der Waals surface area contributed by atoms with Crippen molar-refractivity contribution in [3.63, 3.8) is 0 Å². The molecule has 0 atom stereocenters. The van der Waals surface area contributed by atoms with Crippen LogP contribution in [-0.2, 0) is 13.0 Å². The highest BCUT2D eigenvalue weighted by molar-refractivity contribution is 5.36. The molecule has 0 spiro atoms. The van der Waals surface area contributed by atoms with Gasteiger partial charge in [0.1, 0.15) is 6.61 Å². The van der Waals surface area contributed by atoms with Crippen LogP contribution in [0.4, 0.5) is 0 Å². The van der Waals surface area contributed by atoms with E-state index in [1.165, 1.54) is 5.56 Å². The van der Waals surface area contributed by atoms with Crippen molar-refractivity contribution >= 4 is 0 Å². The van der Waals surface area contributed by atoms with Crippen LogP contribution in [0.3, 0.4) is 0 Å². The van der Waals surface area contributed by atoms with Crippen LogP contribution >= 0.6 is 0 Å². The fourth-order valence-electron chi connectivity index (χ4n) is 2.08. The third kappa shape index (κ3) is 5.39. The number of benzene rings is 1. The molecule has 0 aliphatic rings. The van der Waals surface area contributed by atoms with Crippen molar-refractivity contribution in [1.82, 2.24) is 9.88 Å². The first-order valence-electron chi connectivity index (χ1n) is 7.05. The van der Waals surface area contributed by atoms with E-state index in [-0.39, 0.29) is 6.61 Å². The molecule has 0 saturated heterocycles. The zero-order valence-electron chi connectivity index (χ0n) is 12.3. The Balaban J connectivity index is 1.83. The third-order valence-corrected chi connectivity index (χ3v) is 3.19. The number of aliphatic hydroxyl groups excluding tert-OH is 1. The summed E-state index contributed by atoms with van der Waals surface area (Å²) in [4.78, 5) is 6.62. The fourth-order valence-corrected chi connectivity index (χ4v) is 2.08. The lowest BCUT2D eigenvalue weighted by molar-refractivity contribution is 0.330. The Morgan fingerprint density at radius 3 is 2.62 bits per heavy atom. The van der Waals surface area contributed by atoms with Crippen molar-refractivity contribution in [3.8, 4) is 11.8 Å². The highest BCUT2D eigenvalue weighted by Gasteiger charge is 2.01. The number of rotatable bonds is 5. The van der Waals surface area contributed by atoms with E-state index in [4.69, 9.17) is 5.11 Å². The molecule has 21 heavy (non-hydrogen) atoms. The SMILES string of the molecule is CN(CCc1ccccn1)Cc1ccc(C#CCO)cc1. The normalized spacial score (nSPS) is 10.2. The van der Waals surface area contributed by atoms with Crippen LogP contribution in [0.25, 0.3) is 0 Å². The van der Waals surface area contributed by atoms with Gasteiger partial charge in [-0.1, -0.05) is 30.0 Å². The van der Waals surface area contributed by atoms with Gasteiger partial charge in [-0.3, -0.25) is 4.98 Å². The van der Waals surface area contributed by atoms with E-state index in [9.17, 15) is 0 Å². The van der Waals surface area contributed by atoms with Crippen molar-refractivity contribution in [3.05, 3.63) is 65.5 Å². The standard InChI is InChI=1S/C18H20N2O/c1-20(13-11-18-6-2-3-12-19-18)15-17-9-7-16(8-10-17)5-4-14-21/h2-3,6-10,12,21H,11,13-15H2,1H3. The lowest BCUT2D eigenvalue weighted by Crippen LogP contribution is -2.21. The summed E-state index contributed by atoms with van der Waals surface area (Å²) in [6.45, 7) is 1.78. The molecule has 0 unspecified atom stereocenters. The number of nitrogens with zero attached hydrogens (tertiary/aromatic N) is 2. The van der Waals surface area contributed by atoms with Gasteiger partial charge in [-0.05, 0) is 36.9 Å². The van der Waals surface area contributed by atoms with Crippen molar-refractivity contribution in [1.29, 1.82) is 0 Å². The number of aromatic nitrogens is 1.